The molecule has 1 aromatic carbocycles. The summed E-state index contributed by atoms with van der Waals surface area (Å²) in [6, 6.07) is 8.83. The van der Waals surface area contributed by atoms with E-state index < -0.39 is 0 Å². The number of fused-ring (bicyclic) bond motifs is 1. The molecule has 0 radical (unpaired) electrons. The molecule has 2 aromatic rings. The summed E-state index contributed by atoms with van der Waals surface area (Å²) in [6.07, 6.45) is 2.01. The zero-order valence-electron chi connectivity index (χ0n) is 13.0. The van der Waals surface area contributed by atoms with Gasteiger partial charge in [-0.3, -0.25) is 9.59 Å². The smallest absolute Gasteiger partial charge is 0.267 e. The van der Waals surface area contributed by atoms with E-state index in [0.29, 0.717) is 30.4 Å². The number of nitrogens with zero attached hydrogens (tertiary/aromatic N) is 2. The Balaban J connectivity index is 1.60. The van der Waals surface area contributed by atoms with Crippen LogP contribution >= 0.6 is 0 Å². The van der Waals surface area contributed by atoms with Crippen molar-refractivity contribution < 1.29 is 14.3 Å². The van der Waals surface area contributed by atoms with Gasteiger partial charge in [-0.05, 0) is 37.1 Å². The maximum Gasteiger partial charge on any atom is 0.267 e. The minimum Gasteiger partial charge on any atom is -0.486 e. The number of carbonyl (C=O) groups excluding carboxylic acids is 1. The number of amides is 1. The molecule has 7 nitrogen and oxygen atoms in total. The molecule has 24 heavy (non-hydrogen) atoms. The molecule has 1 aliphatic heterocycles. The van der Waals surface area contributed by atoms with Crippen molar-refractivity contribution in [1.82, 2.24) is 15.1 Å². The molecule has 2 aliphatic rings. The Hall–Kier alpha value is -2.83. The Bertz CT molecular complexity index is 842. The van der Waals surface area contributed by atoms with Gasteiger partial charge in [0.05, 0.1) is 5.69 Å². The molecule has 7 heteroatoms. The van der Waals surface area contributed by atoms with Crippen LogP contribution in [0.1, 0.15) is 12.8 Å². The van der Waals surface area contributed by atoms with Gasteiger partial charge in [-0.2, -0.15) is 5.10 Å². The van der Waals surface area contributed by atoms with Gasteiger partial charge in [0.2, 0.25) is 5.91 Å². The van der Waals surface area contributed by atoms with E-state index in [4.69, 9.17) is 9.47 Å². The Morgan fingerprint density at radius 2 is 1.96 bits per heavy atom. The fourth-order valence-corrected chi connectivity index (χ4v) is 2.56. The van der Waals surface area contributed by atoms with Gasteiger partial charge in [-0.1, -0.05) is 0 Å². The highest BCUT2D eigenvalue weighted by molar-refractivity contribution is 5.76. The second kappa shape index (κ2) is 5.99. The van der Waals surface area contributed by atoms with Gasteiger partial charge in [0.15, 0.2) is 11.5 Å². The summed E-state index contributed by atoms with van der Waals surface area (Å²) < 4.78 is 12.3. The van der Waals surface area contributed by atoms with Crippen molar-refractivity contribution in [2.24, 2.45) is 0 Å². The Morgan fingerprint density at radius 1 is 1.17 bits per heavy atom. The van der Waals surface area contributed by atoms with Crippen LogP contribution in [-0.4, -0.2) is 34.9 Å². The van der Waals surface area contributed by atoms with Crippen LogP contribution in [0.3, 0.4) is 0 Å². The van der Waals surface area contributed by atoms with Crippen molar-refractivity contribution in [3.05, 3.63) is 40.7 Å². The molecule has 1 aromatic heterocycles. The zero-order chi connectivity index (χ0) is 16.5. The van der Waals surface area contributed by atoms with Gasteiger partial charge in [0.25, 0.3) is 5.56 Å². The Morgan fingerprint density at radius 3 is 2.75 bits per heavy atom. The molecule has 1 saturated carbocycles. The van der Waals surface area contributed by atoms with E-state index >= 15 is 0 Å². The summed E-state index contributed by atoms with van der Waals surface area (Å²) in [5.41, 5.74) is 1.10. The van der Waals surface area contributed by atoms with Crippen molar-refractivity contribution >= 4 is 5.91 Å². The van der Waals surface area contributed by atoms with Crippen LogP contribution < -0.4 is 20.3 Å². The lowest BCUT2D eigenvalue weighted by molar-refractivity contribution is -0.122. The van der Waals surface area contributed by atoms with E-state index in [9.17, 15) is 9.59 Å². The summed E-state index contributed by atoms with van der Waals surface area (Å²) in [5.74, 6) is 1.17. The molecule has 1 amide bonds. The number of rotatable bonds is 4. The fourth-order valence-electron chi connectivity index (χ4n) is 2.56. The number of hydrogen-bond acceptors (Lipinski definition) is 5. The molecule has 0 bridgehead atoms. The molecule has 2 heterocycles. The first-order valence-electron chi connectivity index (χ1n) is 7.96. The molecule has 1 fully saturated rings. The highest BCUT2D eigenvalue weighted by Gasteiger charge is 2.23. The van der Waals surface area contributed by atoms with Crippen LogP contribution in [0.25, 0.3) is 11.3 Å². The normalized spacial score (nSPS) is 15.8. The van der Waals surface area contributed by atoms with E-state index in [-0.39, 0.29) is 24.1 Å². The molecule has 0 saturated heterocycles. The number of ether oxygens (including phenoxy) is 2. The predicted octanol–water partition coefficient (Wildman–Crippen LogP) is 0.960. The number of hydrogen-bond donors (Lipinski definition) is 1. The molecule has 0 spiro atoms. The fraction of sp³-hybridized carbons (Fsp3) is 0.353. The first kappa shape index (κ1) is 14.7. The van der Waals surface area contributed by atoms with Crippen molar-refractivity contribution in [3.8, 4) is 22.8 Å². The average Bonchev–Trinajstić information content (AvgIpc) is 3.40. The van der Waals surface area contributed by atoms with Crippen LogP contribution in [0.5, 0.6) is 11.5 Å². The van der Waals surface area contributed by atoms with E-state index in [1.165, 1.54) is 10.7 Å². The largest absolute Gasteiger partial charge is 0.486 e. The second-order valence-electron chi connectivity index (χ2n) is 5.91. The zero-order valence-corrected chi connectivity index (χ0v) is 13.0. The van der Waals surface area contributed by atoms with Crippen LogP contribution in [-0.2, 0) is 11.3 Å². The summed E-state index contributed by atoms with van der Waals surface area (Å²) in [4.78, 5) is 23.9. The van der Waals surface area contributed by atoms with E-state index in [0.717, 1.165) is 18.4 Å². The molecular weight excluding hydrogens is 310 g/mol. The lowest BCUT2D eigenvalue weighted by atomic mass is 10.1. The summed E-state index contributed by atoms with van der Waals surface area (Å²) >= 11 is 0. The number of carbonyl (C=O) groups is 1. The molecule has 124 valence electrons. The maximum atomic E-state index is 11.9. The van der Waals surface area contributed by atoms with Crippen LogP contribution in [0, 0.1) is 0 Å². The number of aromatic nitrogens is 2. The van der Waals surface area contributed by atoms with Gasteiger partial charge in [0, 0.05) is 17.7 Å². The third-order valence-electron chi connectivity index (χ3n) is 3.94. The third kappa shape index (κ3) is 3.10. The second-order valence-corrected chi connectivity index (χ2v) is 5.91. The molecule has 1 N–H and O–H groups in total. The third-order valence-corrected chi connectivity index (χ3v) is 3.94. The van der Waals surface area contributed by atoms with Gasteiger partial charge >= 0.3 is 0 Å². The van der Waals surface area contributed by atoms with Crippen molar-refractivity contribution in [2.75, 3.05) is 13.2 Å². The first-order chi connectivity index (χ1) is 11.7. The van der Waals surface area contributed by atoms with Crippen molar-refractivity contribution in [1.29, 1.82) is 0 Å². The van der Waals surface area contributed by atoms with E-state index in [2.05, 4.69) is 10.4 Å². The van der Waals surface area contributed by atoms with E-state index in [1.807, 2.05) is 18.2 Å². The first-order valence-corrected chi connectivity index (χ1v) is 7.96. The number of nitrogens with one attached hydrogen (secondary N) is 1. The molecule has 0 unspecified atom stereocenters. The van der Waals surface area contributed by atoms with Gasteiger partial charge in [0.1, 0.15) is 19.8 Å². The van der Waals surface area contributed by atoms with Gasteiger partial charge in [-0.25, -0.2) is 4.68 Å². The quantitative estimate of drug-likeness (QED) is 0.904. The lowest BCUT2D eigenvalue weighted by Crippen LogP contribution is -2.34. The van der Waals surface area contributed by atoms with Gasteiger partial charge < -0.3 is 14.8 Å². The van der Waals surface area contributed by atoms with Crippen molar-refractivity contribution in [2.45, 2.75) is 25.4 Å². The Labute approximate surface area is 138 Å². The summed E-state index contributed by atoms with van der Waals surface area (Å²) in [7, 11) is 0. The summed E-state index contributed by atoms with van der Waals surface area (Å²) in [6.45, 7) is 0.962. The van der Waals surface area contributed by atoms with Crippen LogP contribution in [0.2, 0.25) is 0 Å². The summed E-state index contributed by atoms with van der Waals surface area (Å²) in [5, 5.41) is 7.16. The molecular formula is C17H17N3O4. The molecule has 4 rings (SSSR count). The number of benzene rings is 1. The SMILES string of the molecule is O=C(Cn1nc(-c2ccc3c(c2)OCCO3)ccc1=O)NC1CC1. The highest BCUT2D eigenvalue weighted by atomic mass is 16.6. The van der Waals surface area contributed by atoms with Crippen LogP contribution in [0.15, 0.2) is 35.1 Å². The topological polar surface area (TPSA) is 82.5 Å². The predicted molar refractivity (Wildman–Crippen MR) is 86.1 cm³/mol. The Kier molecular flexibility index (Phi) is 3.68. The minimum absolute atomic E-state index is 0.0757. The molecule has 0 atom stereocenters. The standard InChI is InChI=1S/C17H17N3O4/c21-16(18-12-2-3-12)10-20-17(22)6-4-13(19-20)11-1-5-14-15(9-11)24-8-7-23-14/h1,4-6,9,12H,2-3,7-8,10H2,(H,18,21). The molecule has 1 aliphatic carbocycles. The minimum atomic E-state index is -0.303. The average molecular weight is 327 g/mol. The monoisotopic (exact) mass is 327 g/mol. The highest BCUT2D eigenvalue weighted by Crippen LogP contribution is 2.33. The lowest BCUT2D eigenvalue weighted by Gasteiger charge is -2.18. The van der Waals surface area contributed by atoms with E-state index in [1.54, 1.807) is 6.07 Å². The maximum absolute atomic E-state index is 11.9. The van der Waals surface area contributed by atoms with Gasteiger partial charge in [-0.15, -0.1) is 0 Å². The van der Waals surface area contributed by atoms with Crippen LogP contribution in [0.4, 0.5) is 0 Å². The van der Waals surface area contributed by atoms with Crippen molar-refractivity contribution in [3.63, 3.8) is 0 Å².